The summed E-state index contributed by atoms with van der Waals surface area (Å²) in [4.78, 5) is 11.1. The Kier molecular flexibility index (Phi) is 4.99. The van der Waals surface area contributed by atoms with Gasteiger partial charge in [0, 0.05) is 14.1 Å². The highest BCUT2D eigenvalue weighted by Crippen LogP contribution is 2.15. The van der Waals surface area contributed by atoms with E-state index in [1.807, 2.05) is 13.8 Å². The first-order chi connectivity index (χ1) is 5.85. The molecule has 0 bridgehead atoms. The van der Waals surface area contributed by atoms with Crippen molar-refractivity contribution >= 4 is 14.0 Å². The van der Waals surface area contributed by atoms with Gasteiger partial charge in [0.1, 0.15) is 0 Å². The second-order valence-electron chi connectivity index (χ2n) is 4.48. The SMILES string of the molecule is CCOC(=O)/C=C(\C)C[Si](C)(C)C. The molecule has 0 radical (unpaired) electrons. The Morgan fingerprint density at radius 1 is 1.38 bits per heavy atom. The van der Waals surface area contributed by atoms with E-state index in [1.54, 1.807) is 6.08 Å². The Bertz CT molecular complexity index is 201. The number of allylic oxidation sites excluding steroid dienone is 1. The highest BCUT2D eigenvalue weighted by molar-refractivity contribution is 6.76. The molecular weight excluding hydrogens is 180 g/mol. The predicted molar refractivity (Wildman–Crippen MR) is 58.5 cm³/mol. The van der Waals surface area contributed by atoms with Crippen LogP contribution in [0.15, 0.2) is 11.6 Å². The fourth-order valence-corrected chi connectivity index (χ4v) is 3.05. The minimum absolute atomic E-state index is 0.210. The molecule has 0 saturated heterocycles. The molecule has 3 heteroatoms. The molecule has 0 aliphatic rings. The van der Waals surface area contributed by atoms with Crippen molar-refractivity contribution in [1.29, 1.82) is 0 Å². The second kappa shape index (κ2) is 5.22. The van der Waals surface area contributed by atoms with Crippen LogP contribution < -0.4 is 0 Å². The Hall–Kier alpha value is -0.573. The first-order valence-electron chi connectivity index (χ1n) is 4.69. The van der Waals surface area contributed by atoms with E-state index in [-0.39, 0.29) is 5.97 Å². The molecule has 0 saturated carbocycles. The van der Waals surface area contributed by atoms with Gasteiger partial charge in [-0.15, -0.1) is 0 Å². The summed E-state index contributed by atoms with van der Waals surface area (Å²) in [5, 5.41) is 0. The van der Waals surface area contributed by atoms with Gasteiger partial charge in [-0.25, -0.2) is 4.79 Å². The van der Waals surface area contributed by atoms with E-state index < -0.39 is 8.07 Å². The van der Waals surface area contributed by atoms with Gasteiger partial charge in [0.05, 0.1) is 6.61 Å². The molecule has 2 nitrogen and oxygen atoms in total. The molecule has 76 valence electrons. The standard InChI is InChI=1S/C10H20O2Si/c1-6-12-10(11)7-9(2)8-13(3,4)5/h7H,6,8H2,1-5H3/b9-7+. The first-order valence-corrected chi connectivity index (χ1v) is 8.40. The number of hydrogen-bond donors (Lipinski definition) is 0. The summed E-state index contributed by atoms with van der Waals surface area (Å²) in [7, 11) is -1.09. The lowest BCUT2D eigenvalue weighted by molar-refractivity contribution is -0.137. The van der Waals surface area contributed by atoms with Crippen molar-refractivity contribution in [3.8, 4) is 0 Å². The fourth-order valence-electron chi connectivity index (χ4n) is 1.27. The van der Waals surface area contributed by atoms with E-state index in [0.717, 1.165) is 11.6 Å². The topological polar surface area (TPSA) is 26.3 Å². The molecule has 0 fully saturated rings. The molecule has 0 aromatic heterocycles. The van der Waals surface area contributed by atoms with Gasteiger partial charge in [-0.3, -0.25) is 0 Å². The average molecular weight is 200 g/mol. The van der Waals surface area contributed by atoms with Gasteiger partial charge >= 0.3 is 5.97 Å². The molecule has 0 aromatic carbocycles. The molecule has 0 atom stereocenters. The highest BCUT2D eigenvalue weighted by Gasteiger charge is 2.13. The van der Waals surface area contributed by atoms with Crippen molar-refractivity contribution in [3.05, 3.63) is 11.6 Å². The molecule has 0 aliphatic heterocycles. The lowest BCUT2D eigenvalue weighted by Crippen LogP contribution is -2.19. The normalized spacial score (nSPS) is 12.8. The van der Waals surface area contributed by atoms with Gasteiger partial charge in [0.15, 0.2) is 0 Å². The van der Waals surface area contributed by atoms with E-state index in [9.17, 15) is 4.79 Å². The molecule has 0 spiro atoms. The molecule has 0 heterocycles. The van der Waals surface area contributed by atoms with Gasteiger partial charge in [-0.2, -0.15) is 0 Å². The van der Waals surface area contributed by atoms with Gasteiger partial charge in [0.25, 0.3) is 0 Å². The number of esters is 1. The van der Waals surface area contributed by atoms with E-state index >= 15 is 0 Å². The Morgan fingerprint density at radius 3 is 2.31 bits per heavy atom. The summed E-state index contributed by atoms with van der Waals surface area (Å²) in [5.41, 5.74) is 1.14. The highest BCUT2D eigenvalue weighted by atomic mass is 28.3. The monoisotopic (exact) mass is 200 g/mol. The van der Waals surface area contributed by atoms with E-state index in [4.69, 9.17) is 4.74 Å². The van der Waals surface area contributed by atoms with Gasteiger partial charge in [-0.05, 0) is 19.9 Å². The van der Waals surface area contributed by atoms with Crippen molar-refractivity contribution in [2.45, 2.75) is 39.5 Å². The molecule has 0 unspecified atom stereocenters. The second-order valence-corrected chi connectivity index (χ2v) is 9.96. The van der Waals surface area contributed by atoms with Gasteiger partial charge < -0.3 is 4.74 Å². The number of rotatable bonds is 4. The largest absolute Gasteiger partial charge is 0.463 e. The maximum Gasteiger partial charge on any atom is 0.330 e. The first kappa shape index (κ1) is 12.4. The van der Waals surface area contributed by atoms with Crippen LogP contribution >= 0.6 is 0 Å². The third-order valence-electron chi connectivity index (χ3n) is 1.46. The molecule has 13 heavy (non-hydrogen) atoms. The summed E-state index contributed by atoms with van der Waals surface area (Å²) < 4.78 is 4.83. The zero-order chi connectivity index (χ0) is 10.5. The number of hydrogen-bond acceptors (Lipinski definition) is 2. The molecule has 0 aliphatic carbocycles. The molecule has 0 aromatic rings. The van der Waals surface area contributed by atoms with Crippen LogP contribution in [-0.2, 0) is 9.53 Å². The molecule has 0 N–H and O–H groups in total. The summed E-state index contributed by atoms with van der Waals surface area (Å²) in [5.74, 6) is -0.210. The average Bonchev–Trinajstić information content (AvgIpc) is 1.81. The van der Waals surface area contributed by atoms with Crippen LogP contribution in [-0.4, -0.2) is 20.7 Å². The van der Waals surface area contributed by atoms with Crippen LogP contribution in [0.5, 0.6) is 0 Å². The zero-order valence-corrected chi connectivity index (χ0v) is 10.3. The van der Waals surface area contributed by atoms with Crippen molar-refractivity contribution < 1.29 is 9.53 Å². The maximum atomic E-state index is 11.1. The lowest BCUT2D eigenvalue weighted by Gasteiger charge is -2.15. The van der Waals surface area contributed by atoms with Crippen LogP contribution in [0.1, 0.15) is 13.8 Å². The number of carbonyl (C=O) groups is 1. The summed E-state index contributed by atoms with van der Waals surface area (Å²) in [6.07, 6.45) is 1.61. The summed E-state index contributed by atoms with van der Waals surface area (Å²) >= 11 is 0. The third kappa shape index (κ3) is 7.78. The minimum Gasteiger partial charge on any atom is -0.463 e. The van der Waals surface area contributed by atoms with Crippen LogP contribution in [0.25, 0.3) is 0 Å². The van der Waals surface area contributed by atoms with E-state index in [0.29, 0.717) is 6.61 Å². The van der Waals surface area contributed by atoms with Crippen LogP contribution in [0, 0.1) is 0 Å². The molecule has 0 rings (SSSR count). The van der Waals surface area contributed by atoms with Crippen LogP contribution in [0.2, 0.25) is 25.7 Å². The Balaban J connectivity index is 4.09. The van der Waals surface area contributed by atoms with Crippen molar-refractivity contribution in [2.24, 2.45) is 0 Å². The van der Waals surface area contributed by atoms with Crippen molar-refractivity contribution in [1.82, 2.24) is 0 Å². The summed E-state index contributed by atoms with van der Waals surface area (Å²) in [6, 6.07) is 1.06. The van der Waals surface area contributed by atoms with Crippen LogP contribution in [0.4, 0.5) is 0 Å². The van der Waals surface area contributed by atoms with Crippen molar-refractivity contribution in [3.63, 3.8) is 0 Å². The molecular formula is C10H20O2Si. The van der Waals surface area contributed by atoms with Crippen molar-refractivity contribution in [2.75, 3.05) is 6.61 Å². The molecule has 0 amide bonds. The smallest absolute Gasteiger partial charge is 0.330 e. The van der Waals surface area contributed by atoms with Crippen LogP contribution in [0.3, 0.4) is 0 Å². The summed E-state index contributed by atoms with van der Waals surface area (Å²) in [6.45, 7) is 11.1. The number of ether oxygens (including phenoxy) is 1. The minimum atomic E-state index is -1.09. The zero-order valence-electron chi connectivity index (χ0n) is 9.31. The fraction of sp³-hybridized carbons (Fsp3) is 0.700. The van der Waals surface area contributed by atoms with Gasteiger partial charge in [0.2, 0.25) is 0 Å². The number of carbonyl (C=O) groups excluding carboxylic acids is 1. The quantitative estimate of drug-likeness (QED) is 0.396. The van der Waals surface area contributed by atoms with Gasteiger partial charge in [-0.1, -0.05) is 25.2 Å². The lowest BCUT2D eigenvalue weighted by atomic mass is 10.3. The Labute approximate surface area is 82.0 Å². The van der Waals surface area contributed by atoms with E-state index in [1.165, 1.54) is 0 Å². The third-order valence-corrected chi connectivity index (χ3v) is 3.08. The maximum absolute atomic E-state index is 11.1. The predicted octanol–water partition coefficient (Wildman–Crippen LogP) is 2.83. The Morgan fingerprint density at radius 2 is 1.92 bits per heavy atom. The van der Waals surface area contributed by atoms with E-state index in [2.05, 4.69) is 19.6 Å².